The molecule has 0 radical (unpaired) electrons. The van der Waals surface area contributed by atoms with E-state index in [1.807, 2.05) is 42.5 Å². The molecule has 0 aliphatic heterocycles. The maximum atomic E-state index is 12.6. The van der Waals surface area contributed by atoms with Crippen LogP contribution in [-0.2, 0) is 20.9 Å². The molecule has 0 saturated heterocycles. The molecule has 0 aliphatic carbocycles. The number of hydrogen-bond donors (Lipinski definition) is 0. The first-order valence-corrected chi connectivity index (χ1v) is 9.23. The standard InChI is InChI=1S/C20H22BrNO4/c1-2-25-20(24)12-13-22(14-16-6-4-3-5-7-16)19(23)15-26-18-10-8-17(21)9-11-18/h3-11H,2,12-15H2,1H3. The van der Waals surface area contributed by atoms with E-state index in [0.717, 1.165) is 10.0 Å². The molecule has 5 nitrogen and oxygen atoms in total. The van der Waals surface area contributed by atoms with Gasteiger partial charge in [-0.05, 0) is 36.8 Å². The van der Waals surface area contributed by atoms with E-state index in [2.05, 4.69) is 15.9 Å². The Kier molecular flexibility index (Phi) is 8.15. The van der Waals surface area contributed by atoms with Crippen LogP contribution in [-0.4, -0.2) is 36.5 Å². The minimum atomic E-state index is -0.313. The Morgan fingerprint density at radius 1 is 1.04 bits per heavy atom. The Labute approximate surface area is 162 Å². The quantitative estimate of drug-likeness (QED) is 0.579. The van der Waals surface area contributed by atoms with Crippen LogP contribution >= 0.6 is 15.9 Å². The Hall–Kier alpha value is -2.34. The molecule has 0 spiro atoms. The molecule has 138 valence electrons. The van der Waals surface area contributed by atoms with Crippen LogP contribution in [0.5, 0.6) is 5.75 Å². The summed E-state index contributed by atoms with van der Waals surface area (Å²) in [5.41, 5.74) is 0.994. The second kappa shape index (κ2) is 10.6. The number of benzene rings is 2. The van der Waals surface area contributed by atoms with Crippen molar-refractivity contribution in [3.8, 4) is 5.75 Å². The monoisotopic (exact) mass is 419 g/mol. The van der Waals surface area contributed by atoms with Crippen molar-refractivity contribution in [1.29, 1.82) is 0 Å². The zero-order valence-corrected chi connectivity index (χ0v) is 16.3. The van der Waals surface area contributed by atoms with Crippen molar-refractivity contribution < 1.29 is 19.1 Å². The zero-order chi connectivity index (χ0) is 18.8. The number of rotatable bonds is 9. The third kappa shape index (κ3) is 6.88. The van der Waals surface area contributed by atoms with Gasteiger partial charge >= 0.3 is 5.97 Å². The van der Waals surface area contributed by atoms with Gasteiger partial charge in [-0.25, -0.2) is 0 Å². The lowest BCUT2D eigenvalue weighted by molar-refractivity contribution is -0.144. The predicted octanol–water partition coefficient (Wildman–Crippen LogP) is 3.81. The number of ether oxygens (including phenoxy) is 2. The van der Waals surface area contributed by atoms with Crippen LogP contribution in [0.15, 0.2) is 59.1 Å². The van der Waals surface area contributed by atoms with E-state index in [1.54, 1.807) is 24.0 Å². The molecule has 0 aromatic heterocycles. The fourth-order valence-corrected chi connectivity index (χ4v) is 2.59. The largest absolute Gasteiger partial charge is 0.484 e. The maximum Gasteiger partial charge on any atom is 0.307 e. The number of carbonyl (C=O) groups is 2. The van der Waals surface area contributed by atoms with Gasteiger partial charge in [0.05, 0.1) is 13.0 Å². The number of nitrogens with zero attached hydrogens (tertiary/aromatic N) is 1. The summed E-state index contributed by atoms with van der Waals surface area (Å²) in [5, 5.41) is 0. The molecule has 0 N–H and O–H groups in total. The number of esters is 1. The van der Waals surface area contributed by atoms with E-state index >= 15 is 0 Å². The van der Waals surface area contributed by atoms with Gasteiger partial charge in [0, 0.05) is 17.6 Å². The SMILES string of the molecule is CCOC(=O)CCN(Cc1ccccc1)C(=O)COc1ccc(Br)cc1. The van der Waals surface area contributed by atoms with Crippen LogP contribution in [0.4, 0.5) is 0 Å². The van der Waals surface area contributed by atoms with E-state index < -0.39 is 0 Å². The summed E-state index contributed by atoms with van der Waals surface area (Å²) in [7, 11) is 0. The normalized spacial score (nSPS) is 10.2. The fourth-order valence-electron chi connectivity index (χ4n) is 2.32. The smallest absolute Gasteiger partial charge is 0.307 e. The molecule has 2 aromatic rings. The number of hydrogen-bond acceptors (Lipinski definition) is 4. The van der Waals surface area contributed by atoms with Gasteiger partial charge in [-0.2, -0.15) is 0 Å². The van der Waals surface area contributed by atoms with Crippen molar-refractivity contribution in [2.24, 2.45) is 0 Å². The molecule has 2 rings (SSSR count). The highest BCUT2D eigenvalue weighted by Gasteiger charge is 2.17. The van der Waals surface area contributed by atoms with Crippen LogP contribution in [0.2, 0.25) is 0 Å². The maximum absolute atomic E-state index is 12.6. The third-order valence-electron chi connectivity index (χ3n) is 3.64. The first kappa shape index (κ1) is 20.0. The van der Waals surface area contributed by atoms with Gasteiger partial charge in [0.25, 0.3) is 5.91 Å². The zero-order valence-electron chi connectivity index (χ0n) is 14.7. The molecule has 0 aliphatic rings. The van der Waals surface area contributed by atoms with Crippen molar-refractivity contribution >= 4 is 27.8 Å². The molecule has 0 fully saturated rings. The van der Waals surface area contributed by atoms with Crippen molar-refractivity contribution in [3.05, 3.63) is 64.6 Å². The molecule has 6 heteroatoms. The lowest BCUT2D eigenvalue weighted by Gasteiger charge is -2.22. The molecule has 0 atom stereocenters. The average Bonchev–Trinajstić information content (AvgIpc) is 2.65. The number of carbonyl (C=O) groups excluding carboxylic acids is 2. The number of amides is 1. The van der Waals surface area contributed by atoms with Crippen LogP contribution in [0.25, 0.3) is 0 Å². The summed E-state index contributed by atoms with van der Waals surface area (Å²) in [6.45, 7) is 2.71. The van der Waals surface area contributed by atoms with Gasteiger partial charge < -0.3 is 14.4 Å². The molecule has 0 heterocycles. The van der Waals surface area contributed by atoms with Crippen molar-refractivity contribution in [2.45, 2.75) is 19.9 Å². The summed E-state index contributed by atoms with van der Waals surface area (Å²) in [5.74, 6) is 0.125. The Morgan fingerprint density at radius 2 is 1.73 bits per heavy atom. The van der Waals surface area contributed by atoms with Crippen molar-refractivity contribution in [1.82, 2.24) is 4.90 Å². The summed E-state index contributed by atoms with van der Waals surface area (Å²) < 4.78 is 11.5. The van der Waals surface area contributed by atoms with Gasteiger partial charge in [0.2, 0.25) is 0 Å². The average molecular weight is 420 g/mol. The Bertz CT molecular complexity index is 704. The Morgan fingerprint density at radius 3 is 2.38 bits per heavy atom. The lowest BCUT2D eigenvalue weighted by atomic mass is 10.2. The number of halogens is 1. The van der Waals surface area contributed by atoms with Crippen LogP contribution in [0, 0.1) is 0 Å². The summed E-state index contributed by atoms with van der Waals surface area (Å²) in [4.78, 5) is 25.9. The third-order valence-corrected chi connectivity index (χ3v) is 4.16. The molecule has 0 unspecified atom stereocenters. The second-order valence-electron chi connectivity index (χ2n) is 5.60. The first-order valence-electron chi connectivity index (χ1n) is 8.44. The van der Waals surface area contributed by atoms with Crippen molar-refractivity contribution in [2.75, 3.05) is 19.8 Å². The Balaban J connectivity index is 1.97. The topological polar surface area (TPSA) is 55.8 Å². The summed E-state index contributed by atoms with van der Waals surface area (Å²) in [6, 6.07) is 16.9. The molecule has 26 heavy (non-hydrogen) atoms. The first-order chi connectivity index (χ1) is 12.6. The molecule has 1 amide bonds. The van der Waals surface area contributed by atoms with E-state index in [1.165, 1.54) is 0 Å². The van der Waals surface area contributed by atoms with Gasteiger partial charge in [0.15, 0.2) is 6.61 Å². The second-order valence-corrected chi connectivity index (χ2v) is 6.51. The lowest BCUT2D eigenvalue weighted by Crippen LogP contribution is -2.36. The van der Waals surface area contributed by atoms with Crippen LogP contribution in [0.1, 0.15) is 18.9 Å². The molecule has 0 saturated carbocycles. The predicted molar refractivity (Wildman–Crippen MR) is 103 cm³/mol. The van der Waals surface area contributed by atoms with Crippen LogP contribution < -0.4 is 4.74 Å². The van der Waals surface area contributed by atoms with E-state index in [-0.39, 0.29) is 31.4 Å². The molecule has 2 aromatic carbocycles. The molecular weight excluding hydrogens is 398 g/mol. The van der Waals surface area contributed by atoms with Gasteiger partial charge in [-0.1, -0.05) is 46.3 Å². The minimum Gasteiger partial charge on any atom is -0.484 e. The molecule has 0 bridgehead atoms. The van der Waals surface area contributed by atoms with Gasteiger partial charge in [0.1, 0.15) is 5.75 Å². The van der Waals surface area contributed by atoms with Crippen LogP contribution in [0.3, 0.4) is 0 Å². The molecular formula is C20H22BrNO4. The highest BCUT2D eigenvalue weighted by Crippen LogP contribution is 2.16. The van der Waals surface area contributed by atoms with Gasteiger partial charge in [-0.3, -0.25) is 9.59 Å². The van der Waals surface area contributed by atoms with Gasteiger partial charge in [-0.15, -0.1) is 0 Å². The fraction of sp³-hybridized carbons (Fsp3) is 0.300. The van der Waals surface area contributed by atoms with E-state index in [9.17, 15) is 9.59 Å². The van der Waals surface area contributed by atoms with E-state index in [0.29, 0.717) is 18.9 Å². The minimum absolute atomic E-state index is 0.0860. The summed E-state index contributed by atoms with van der Waals surface area (Å²) in [6.07, 6.45) is 0.157. The highest BCUT2D eigenvalue weighted by atomic mass is 79.9. The van der Waals surface area contributed by atoms with E-state index in [4.69, 9.17) is 9.47 Å². The summed E-state index contributed by atoms with van der Waals surface area (Å²) >= 11 is 3.36. The highest BCUT2D eigenvalue weighted by molar-refractivity contribution is 9.10. The van der Waals surface area contributed by atoms with Crippen molar-refractivity contribution in [3.63, 3.8) is 0 Å².